The zero-order chi connectivity index (χ0) is 24.3. The average molecular weight is 480 g/mol. The number of amides is 1. The van der Waals surface area contributed by atoms with Crippen LogP contribution in [0.2, 0.25) is 0 Å². The molecule has 1 atom stereocenters. The number of carbonyl (C=O) groups excluding carboxylic acids is 1. The minimum Gasteiger partial charge on any atom is -0.493 e. The Kier molecular flexibility index (Phi) is 8.89. The number of rotatable bonds is 7. The molecule has 1 amide bonds. The lowest BCUT2D eigenvalue weighted by atomic mass is 10.0. The number of hydrogen-bond donors (Lipinski definition) is 2. The molecule has 3 aromatic rings. The van der Waals surface area contributed by atoms with E-state index in [2.05, 4.69) is 15.6 Å². The first-order valence-electron chi connectivity index (χ1n) is 11.8. The van der Waals surface area contributed by atoms with Crippen molar-refractivity contribution in [2.75, 3.05) is 26.5 Å². The summed E-state index contributed by atoms with van der Waals surface area (Å²) in [6.07, 6.45) is 4.20. The summed E-state index contributed by atoms with van der Waals surface area (Å²) >= 11 is 0. The van der Waals surface area contributed by atoms with Gasteiger partial charge in [-0.15, -0.1) is 0 Å². The van der Waals surface area contributed by atoms with Crippen LogP contribution in [0.5, 0.6) is 17.2 Å². The molecule has 2 N–H and O–H groups in total. The SMILES string of the molecule is O=C(Cc1ccccc1F)NCc1ccccn1.c1cc2c(cc1OCC1CCCNC1)OCO2. The van der Waals surface area contributed by atoms with Gasteiger partial charge in [-0.05, 0) is 55.3 Å². The zero-order valence-corrected chi connectivity index (χ0v) is 19.5. The molecule has 0 spiro atoms. The Bertz CT molecular complexity index is 1090. The quantitative estimate of drug-likeness (QED) is 0.536. The minimum absolute atomic E-state index is 0.0412. The Hall–Kier alpha value is -3.65. The summed E-state index contributed by atoms with van der Waals surface area (Å²) in [5.41, 5.74) is 1.18. The first-order valence-corrected chi connectivity index (χ1v) is 11.8. The highest BCUT2D eigenvalue weighted by atomic mass is 19.1. The summed E-state index contributed by atoms with van der Waals surface area (Å²) in [7, 11) is 0. The van der Waals surface area contributed by atoms with Crippen LogP contribution in [0, 0.1) is 11.7 Å². The summed E-state index contributed by atoms with van der Waals surface area (Å²) in [5, 5.41) is 6.09. The van der Waals surface area contributed by atoms with Crippen LogP contribution in [0.4, 0.5) is 4.39 Å². The number of nitrogens with one attached hydrogen (secondary N) is 2. The average Bonchev–Trinajstić information content (AvgIpc) is 3.37. The molecule has 184 valence electrons. The number of hydrogen-bond acceptors (Lipinski definition) is 6. The van der Waals surface area contributed by atoms with Gasteiger partial charge in [-0.2, -0.15) is 0 Å². The fraction of sp³-hybridized carbons (Fsp3) is 0.333. The van der Waals surface area contributed by atoms with E-state index < -0.39 is 0 Å². The first kappa shape index (κ1) is 24.5. The van der Waals surface area contributed by atoms with Crippen molar-refractivity contribution in [3.63, 3.8) is 0 Å². The van der Waals surface area contributed by atoms with E-state index in [1.165, 1.54) is 18.9 Å². The van der Waals surface area contributed by atoms with Crippen LogP contribution >= 0.6 is 0 Å². The Morgan fingerprint density at radius 1 is 1.11 bits per heavy atom. The second kappa shape index (κ2) is 12.7. The van der Waals surface area contributed by atoms with E-state index >= 15 is 0 Å². The number of pyridine rings is 1. The van der Waals surface area contributed by atoms with Gasteiger partial charge in [0.05, 0.1) is 25.3 Å². The van der Waals surface area contributed by atoms with E-state index in [9.17, 15) is 9.18 Å². The molecule has 1 saturated heterocycles. The molecule has 1 aromatic heterocycles. The number of benzene rings is 2. The van der Waals surface area contributed by atoms with E-state index in [-0.39, 0.29) is 18.1 Å². The largest absolute Gasteiger partial charge is 0.493 e. The van der Waals surface area contributed by atoms with Crippen molar-refractivity contribution in [1.82, 2.24) is 15.6 Å². The highest BCUT2D eigenvalue weighted by Crippen LogP contribution is 2.35. The second-order valence-electron chi connectivity index (χ2n) is 8.40. The zero-order valence-electron chi connectivity index (χ0n) is 19.5. The highest BCUT2D eigenvalue weighted by Gasteiger charge is 2.16. The minimum atomic E-state index is -0.356. The molecule has 0 aliphatic carbocycles. The predicted molar refractivity (Wildman–Crippen MR) is 130 cm³/mol. The van der Waals surface area contributed by atoms with E-state index in [0.29, 0.717) is 24.8 Å². The van der Waals surface area contributed by atoms with E-state index in [0.717, 1.165) is 42.6 Å². The van der Waals surface area contributed by atoms with Crippen molar-refractivity contribution in [3.8, 4) is 17.2 Å². The van der Waals surface area contributed by atoms with Gasteiger partial charge < -0.3 is 24.8 Å². The van der Waals surface area contributed by atoms with Crippen molar-refractivity contribution in [2.45, 2.75) is 25.8 Å². The van der Waals surface area contributed by atoms with Crippen LogP contribution in [0.25, 0.3) is 0 Å². The van der Waals surface area contributed by atoms with Crippen molar-refractivity contribution < 1.29 is 23.4 Å². The number of ether oxygens (including phenoxy) is 3. The molecule has 0 radical (unpaired) electrons. The van der Waals surface area contributed by atoms with Gasteiger partial charge in [0.25, 0.3) is 0 Å². The molecular formula is C27H30FN3O4. The highest BCUT2D eigenvalue weighted by molar-refractivity contribution is 5.78. The van der Waals surface area contributed by atoms with Crippen molar-refractivity contribution in [2.24, 2.45) is 5.92 Å². The van der Waals surface area contributed by atoms with Gasteiger partial charge >= 0.3 is 0 Å². The van der Waals surface area contributed by atoms with Crippen LogP contribution in [0.3, 0.4) is 0 Å². The van der Waals surface area contributed by atoms with E-state index in [4.69, 9.17) is 14.2 Å². The molecule has 0 bridgehead atoms. The molecule has 2 aromatic carbocycles. The number of nitrogens with zero attached hydrogens (tertiary/aromatic N) is 1. The Morgan fingerprint density at radius 3 is 2.77 bits per heavy atom. The lowest BCUT2D eigenvalue weighted by Crippen LogP contribution is -2.33. The van der Waals surface area contributed by atoms with Gasteiger partial charge in [-0.1, -0.05) is 24.3 Å². The fourth-order valence-electron chi connectivity index (χ4n) is 3.82. The van der Waals surface area contributed by atoms with Crippen LogP contribution < -0.4 is 24.8 Å². The molecular weight excluding hydrogens is 449 g/mol. The third-order valence-corrected chi connectivity index (χ3v) is 5.73. The monoisotopic (exact) mass is 479 g/mol. The van der Waals surface area contributed by atoms with Crippen molar-refractivity contribution in [3.05, 3.63) is 83.9 Å². The summed E-state index contributed by atoms with van der Waals surface area (Å²) in [6, 6.07) is 17.5. The van der Waals surface area contributed by atoms with E-state index in [1.807, 2.05) is 36.4 Å². The molecule has 5 rings (SSSR count). The summed E-state index contributed by atoms with van der Waals surface area (Å²) in [5.74, 6) is 2.49. The molecule has 1 fully saturated rings. The standard InChI is InChI=1S/C14H13FN2O.C13H17NO3/c15-13-7-2-1-5-11(13)9-14(18)17-10-12-6-3-4-8-16-12;1-2-10(7-14-5-1)8-15-11-3-4-12-13(6-11)17-9-16-12/h1-8H,9-10H2,(H,17,18);3-4,6,10,14H,1-2,5,7-9H2. The van der Waals surface area contributed by atoms with Gasteiger partial charge in [-0.3, -0.25) is 9.78 Å². The Labute approximate surface area is 204 Å². The number of fused-ring (bicyclic) bond motifs is 1. The lowest BCUT2D eigenvalue weighted by Gasteiger charge is -2.22. The molecule has 2 aliphatic heterocycles. The maximum atomic E-state index is 13.3. The first-order chi connectivity index (χ1) is 17.2. The van der Waals surface area contributed by atoms with Gasteiger partial charge in [0.15, 0.2) is 11.5 Å². The Morgan fingerprint density at radius 2 is 1.97 bits per heavy atom. The third-order valence-electron chi connectivity index (χ3n) is 5.73. The molecule has 0 saturated carbocycles. The smallest absolute Gasteiger partial charge is 0.231 e. The van der Waals surface area contributed by atoms with E-state index in [1.54, 1.807) is 24.4 Å². The summed E-state index contributed by atoms with van der Waals surface area (Å²) in [4.78, 5) is 15.7. The number of carbonyl (C=O) groups is 1. The Balaban J connectivity index is 0.000000165. The lowest BCUT2D eigenvalue weighted by molar-refractivity contribution is -0.120. The van der Waals surface area contributed by atoms with Crippen molar-refractivity contribution in [1.29, 1.82) is 0 Å². The van der Waals surface area contributed by atoms with Crippen molar-refractivity contribution >= 4 is 5.91 Å². The molecule has 2 aliphatic rings. The molecule has 8 heteroatoms. The van der Waals surface area contributed by atoms with Gasteiger partial charge in [0, 0.05) is 24.7 Å². The maximum absolute atomic E-state index is 13.3. The second-order valence-corrected chi connectivity index (χ2v) is 8.40. The fourth-order valence-corrected chi connectivity index (χ4v) is 3.82. The summed E-state index contributed by atoms with van der Waals surface area (Å²) in [6.45, 7) is 3.64. The number of halogens is 1. The van der Waals surface area contributed by atoms with Gasteiger partial charge in [-0.25, -0.2) is 4.39 Å². The number of piperidine rings is 1. The van der Waals surface area contributed by atoms with Gasteiger partial charge in [0.2, 0.25) is 12.7 Å². The van der Waals surface area contributed by atoms with Gasteiger partial charge in [0.1, 0.15) is 11.6 Å². The molecule has 1 unspecified atom stereocenters. The normalized spacial score (nSPS) is 16.1. The molecule has 3 heterocycles. The van der Waals surface area contributed by atoms with Crippen LogP contribution in [0.15, 0.2) is 66.9 Å². The maximum Gasteiger partial charge on any atom is 0.231 e. The van der Waals surface area contributed by atoms with Crippen LogP contribution in [-0.4, -0.2) is 37.4 Å². The predicted octanol–water partition coefficient (Wildman–Crippen LogP) is 3.87. The number of aromatic nitrogens is 1. The molecule has 35 heavy (non-hydrogen) atoms. The molecule has 7 nitrogen and oxygen atoms in total. The van der Waals surface area contributed by atoms with Crippen LogP contribution in [0.1, 0.15) is 24.1 Å². The topological polar surface area (TPSA) is 81.7 Å². The summed E-state index contributed by atoms with van der Waals surface area (Å²) < 4.78 is 29.7. The van der Waals surface area contributed by atoms with Crippen LogP contribution in [-0.2, 0) is 17.8 Å². The third kappa shape index (κ3) is 7.68.